The maximum Gasteiger partial charge on any atom is 0.255 e. The summed E-state index contributed by atoms with van der Waals surface area (Å²) in [5, 5.41) is 2.98. The summed E-state index contributed by atoms with van der Waals surface area (Å²) in [5.41, 5.74) is 2.19. The van der Waals surface area contributed by atoms with Crippen LogP contribution >= 0.6 is 0 Å². The lowest BCUT2D eigenvalue weighted by atomic mass is 10.2. The van der Waals surface area contributed by atoms with Gasteiger partial charge in [0.25, 0.3) is 5.91 Å². The van der Waals surface area contributed by atoms with E-state index in [0.717, 1.165) is 37.3 Å². The molecule has 1 saturated heterocycles. The Morgan fingerprint density at radius 1 is 1.00 bits per heavy atom. The van der Waals surface area contributed by atoms with Gasteiger partial charge in [0.1, 0.15) is 0 Å². The molecule has 0 radical (unpaired) electrons. The first-order chi connectivity index (χ1) is 14.5. The molecule has 0 spiro atoms. The highest BCUT2D eigenvalue weighted by atomic mass is 32.2. The Kier molecular flexibility index (Phi) is 7.84. The van der Waals surface area contributed by atoms with E-state index in [2.05, 4.69) is 14.9 Å². The summed E-state index contributed by atoms with van der Waals surface area (Å²) < 4.78 is 31.8. The molecule has 0 aromatic heterocycles. The summed E-state index contributed by atoms with van der Waals surface area (Å²) in [6.45, 7) is 2.44. The second-order valence-corrected chi connectivity index (χ2v) is 9.05. The standard InChI is InChI=1S/C22H29N3O4S/c1-29-17-14-23-30(27,28)19-12-10-18(11-13-19)22(26)24-20-8-4-5-9-21(20)25-15-6-2-3-7-16-25/h4-5,8-13,23H,2-3,6-7,14-17H2,1H3,(H,24,26). The number of anilines is 2. The Balaban J connectivity index is 1.71. The third kappa shape index (κ3) is 5.81. The zero-order valence-corrected chi connectivity index (χ0v) is 18.1. The molecule has 0 aliphatic carbocycles. The van der Waals surface area contributed by atoms with Crippen molar-refractivity contribution in [3.05, 3.63) is 54.1 Å². The monoisotopic (exact) mass is 431 g/mol. The lowest BCUT2D eigenvalue weighted by Crippen LogP contribution is -2.27. The number of amides is 1. The molecule has 1 aliphatic rings. The van der Waals surface area contributed by atoms with Crippen LogP contribution in [0, 0.1) is 0 Å². The topological polar surface area (TPSA) is 87.7 Å². The van der Waals surface area contributed by atoms with E-state index in [-0.39, 0.29) is 24.0 Å². The van der Waals surface area contributed by atoms with E-state index in [1.54, 1.807) is 0 Å². The van der Waals surface area contributed by atoms with Crippen molar-refractivity contribution in [2.45, 2.75) is 30.6 Å². The van der Waals surface area contributed by atoms with Crippen LogP contribution in [0.1, 0.15) is 36.0 Å². The maximum absolute atomic E-state index is 12.8. The molecule has 2 aromatic carbocycles. The molecule has 162 valence electrons. The van der Waals surface area contributed by atoms with Gasteiger partial charge < -0.3 is 15.0 Å². The number of carbonyl (C=O) groups is 1. The van der Waals surface area contributed by atoms with Crippen molar-refractivity contribution in [3.63, 3.8) is 0 Å². The zero-order valence-electron chi connectivity index (χ0n) is 17.3. The molecule has 1 heterocycles. The lowest BCUT2D eigenvalue weighted by Gasteiger charge is -2.25. The van der Waals surface area contributed by atoms with Crippen LogP contribution < -0.4 is 14.9 Å². The number of nitrogens with zero attached hydrogens (tertiary/aromatic N) is 1. The van der Waals surface area contributed by atoms with E-state index in [0.29, 0.717) is 5.56 Å². The smallest absolute Gasteiger partial charge is 0.255 e. The van der Waals surface area contributed by atoms with E-state index >= 15 is 0 Å². The normalized spacial score (nSPS) is 14.9. The van der Waals surface area contributed by atoms with Gasteiger partial charge in [0.05, 0.1) is 22.9 Å². The van der Waals surface area contributed by atoms with Crippen molar-refractivity contribution in [2.75, 3.05) is 43.6 Å². The number of carbonyl (C=O) groups excluding carboxylic acids is 1. The lowest BCUT2D eigenvalue weighted by molar-refractivity contribution is 0.102. The molecule has 0 unspecified atom stereocenters. The van der Waals surface area contributed by atoms with Crippen molar-refractivity contribution >= 4 is 27.3 Å². The third-order valence-electron chi connectivity index (χ3n) is 5.12. The molecule has 1 aliphatic heterocycles. The molecule has 2 aromatic rings. The van der Waals surface area contributed by atoms with E-state index < -0.39 is 10.0 Å². The van der Waals surface area contributed by atoms with Gasteiger partial charge in [-0.1, -0.05) is 25.0 Å². The summed E-state index contributed by atoms with van der Waals surface area (Å²) >= 11 is 0. The summed E-state index contributed by atoms with van der Waals surface area (Å²) in [7, 11) is -2.12. The molecular weight excluding hydrogens is 402 g/mol. The van der Waals surface area contributed by atoms with Crippen LogP contribution in [0.15, 0.2) is 53.4 Å². The number of benzene rings is 2. The second kappa shape index (κ2) is 10.6. The van der Waals surface area contributed by atoms with Gasteiger partial charge in [0.15, 0.2) is 0 Å². The summed E-state index contributed by atoms with van der Waals surface area (Å²) in [4.78, 5) is 15.2. The number of hydrogen-bond acceptors (Lipinski definition) is 5. The minimum atomic E-state index is -3.63. The fourth-order valence-corrected chi connectivity index (χ4v) is 4.52. The minimum Gasteiger partial charge on any atom is -0.383 e. The van der Waals surface area contributed by atoms with E-state index in [9.17, 15) is 13.2 Å². The molecule has 0 atom stereocenters. The van der Waals surface area contributed by atoms with Crippen LogP contribution in [0.5, 0.6) is 0 Å². The highest BCUT2D eigenvalue weighted by Crippen LogP contribution is 2.28. The molecule has 1 fully saturated rings. The predicted octanol–water partition coefficient (Wildman–Crippen LogP) is 3.24. The molecule has 3 rings (SSSR count). The van der Waals surface area contributed by atoms with Gasteiger partial charge in [-0.3, -0.25) is 4.79 Å². The highest BCUT2D eigenvalue weighted by Gasteiger charge is 2.17. The average Bonchev–Trinajstić information content (AvgIpc) is 3.04. The quantitative estimate of drug-likeness (QED) is 0.627. The van der Waals surface area contributed by atoms with Crippen LogP contribution in [-0.4, -0.2) is 47.7 Å². The fourth-order valence-electron chi connectivity index (χ4n) is 3.51. The van der Waals surface area contributed by atoms with Gasteiger partial charge in [0.2, 0.25) is 10.0 Å². The van der Waals surface area contributed by atoms with E-state index in [4.69, 9.17) is 4.74 Å². The number of sulfonamides is 1. The van der Waals surface area contributed by atoms with Crippen molar-refractivity contribution in [1.82, 2.24) is 4.72 Å². The number of nitrogens with one attached hydrogen (secondary N) is 2. The Morgan fingerprint density at radius 3 is 2.33 bits per heavy atom. The number of rotatable bonds is 8. The number of para-hydroxylation sites is 2. The van der Waals surface area contributed by atoms with Crippen LogP contribution in [0.3, 0.4) is 0 Å². The Morgan fingerprint density at radius 2 is 1.67 bits per heavy atom. The third-order valence-corrected chi connectivity index (χ3v) is 6.60. The van der Waals surface area contributed by atoms with Crippen molar-refractivity contribution < 1.29 is 17.9 Å². The Hall–Kier alpha value is -2.42. The first kappa shape index (κ1) is 22.3. The average molecular weight is 432 g/mol. The van der Waals surface area contributed by atoms with Gasteiger partial charge in [0, 0.05) is 32.3 Å². The van der Waals surface area contributed by atoms with Crippen LogP contribution in [0.25, 0.3) is 0 Å². The first-order valence-corrected chi connectivity index (χ1v) is 11.7. The largest absolute Gasteiger partial charge is 0.383 e. The van der Waals surface area contributed by atoms with Gasteiger partial charge in [-0.05, 0) is 49.2 Å². The maximum atomic E-state index is 12.8. The van der Waals surface area contributed by atoms with Gasteiger partial charge in [-0.25, -0.2) is 13.1 Å². The second-order valence-electron chi connectivity index (χ2n) is 7.29. The molecule has 7 nitrogen and oxygen atoms in total. The Labute approximate surface area is 178 Å². The molecule has 2 N–H and O–H groups in total. The predicted molar refractivity (Wildman–Crippen MR) is 119 cm³/mol. The summed E-state index contributed by atoms with van der Waals surface area (Å²) in [6, 6.07) is 13.7. The van der Waals surface area contributed by atoms with Crippen molar-refractivity contribution in [3.8, 4) is 0 Å². The SMILES string of the molecule is COCCNS(=O)(=O)c1ccc(C(=O)Nc2ccccc2N2CCCCCC2)cc1. The number of ether oxygens (including phenoxy) is 1. The van der Waals surface area contributed by atoms with E-state index in [1.165, 1.54) is 44.2 Å². The molecule has 30 heavy (non-hydrogen) atoms. The van der Waals surface area contributed by atoms with Gasteiger partial charge in [-0.2, -0.15) is 0 Å². The Bertz CT molecular complexity index is 937. The zero-order chi connectivity index (χ0) is 21.4. The van der Waals surface area contributed by atoms with Crippen LogP contribution in [-0.2, 0) is 14.8 Å². The van der Waals surface area contributed by atoms with Crippen LogP contribution in [0.2, 0.25) is 0 Å². The van der Waals surface area contributed by atoms with Gasteiger partial charge in [-0.15, -0.1) is 0 Å². The highest BCUT2D eigenvalue weighted by molar-refractivity contribution is 7.89. The molecular formula is C22H29N3O4S. The van der Waals surface area contributed by atoms with Crippen molar-refractivity contribution in [1.29, 1.82) is 0 Å². The number of hydrogen-bond donors (Lipinski definition) is 2. The summed E-state index contributed by atoms with van der Waals surface area (Å²) in [6.07, 6.45) is 4.77. The molecule has 8 heteroatoms. The molecule has 0 saturated carbocycles. The fraction of sp³-hybridized carbons (Fsp3) is 0.409. The first-order valence-electron chi connectivity index (χ1n) is 10.3. The number of methoxy groups -OCH3 is 1. The molecule has 0 bridgehead atoms. The minimum absolute atomic E-state index is 0.111. The molecule has 1 amide bonds. The van der Waals surface area contributed by atoms with Crippen LogP contribution in [0.4, 0.5) is 11.4 Å². The van der Waals surface area contributed by atoms with Crippen molar-refractivity contribution in [2.24, 2.45) is 0 Å². The summed E-state index contributed by atoms with van der Waals surface area (Å²) in [5.74, 6) is -0.270. The van der Waals surface area contributed by atoms with Gasteiger partial charge >= 0.3 is 0 Å². The van der Waals surface area contributed by atoms with E-state index in [1.807, 2.05) is 24.3 Å².